The Kier molecular flexibility index (Phi) is 9.38. The summed E-state index contributed by atoms with van der Waals surface area (Å²) >= 11 is 0. The summed E-state index contributed by atoms with van der Waals surface area (Å²) in [4.78, 5) is 49.0. The third-order valence-corrected chi connectivity index (χ3v) is 5.60. The van der Waals surface area contributed by atoms with Gasteiger partial charge in [0.15, 0.2) is 0 Å². The molecular formula is C17H17NaO10P2. The predicted octanol–water partition coefficient (Wildman–Crippen LogP) is 0.428. The number of hydrogen-bond acceptors (Lipinski definition) is 6. The van der Waals surface area contributed by atoms with E-state index in [9.17, 15) is 23.6 Å². The van der Waals surface area contributed by atoms with Gasteiger partial charge in [-0.15, -0.1) is 0 Å². The Morgan fingerprint density at radius 3 is 1.83 bits per heavy atom. The van der Waals surface area contributed by atoms with Gasteiger partial charge in [-0.25, -0.2) is 18.7 Å². The first-order valence-corrected chi connectivity index (χ1v) is 10.8. The van der Waals surface area contributed by atoms with Gasteiger partial charge in [0.2, 0.25) is 0 Å². The zero-order chi connectivity index (χ0) is 21.8. The Labute approximate surface area is 194 Å². The molecule has 2 rings (SSSR count). The molecule has 0 bridgehead atoms. The normalized spacial score (nSPS) is 13.7. The van der Waals surface area contributed by atoms with E-state index in [0.717, 1.165) is 11.1 Å². The number of carbonyl (C=O) groups is 2. The Hall–Kier alpha value is -1.58. The van der Waals surface area contributed by atoms with Gasteiger partial charge in [-0.1, -0.05) is 30.3 Å². The largest absolute Gasteiger partial charge is 1.00 e. The number of allylic oxidation sites excluding steroid dienone is 1. The van der Waals surface area contributed by atoms with E-state index in [2.05, 4.69) is 8.83 Å². The van der Waals surface area contributed by atoms with Crippen molar-refractivity contribution in [1.29, 1.82) is 0 Å². The van der Waals surface area contributed by atoms with Gasteiger partial charge in [0.25, 0.3) is 0 Å². The van der Waals surface area contributed by atoms with Crippen LogP contribution in [0.5, 0.6) is 0 Å². The Bertz CT molecular complexity index is 1050. The number of benzene rings is 2. The van der Waals surface area contributed by atoms with Crippen LogP contribution in [-0.2, 0) is 18.0 Å². The van der Waals surface area contributed by atoms with Crippen LogP contribution >= 0.6 is 15.6 Å². The number of hydrogen-bond donors (Lipinski definition) is 4. The molecule has 1 unspecified atom stereocenters. The molecule has 0 fully saturated rings. The third kappa shape index (κ3) is 8.28. The van der Waals surface area contributed by atoms with E-state index >= 15 is 0 Å². The fourth-order valence-corrected chi connectivity index (χ4v) is 3.76. The third-order valence-electron chi connectivity index (χ3n) is 3.52. The second-order valence-electron chi connectivity index (χ2n) is 5.75. The summed E-state index contributed by atoms with van der Waals surface area (Å²) < 4.78 is 29.7. The standard InChI is InChI=1S/C17H16O10P2.Na.H/c1-11(13-6-8-14(9-7-13)16(18)19)10-12-2-4-15(5-3-12)17(20)26-29(24,25)27-28(21,22)23;;/h2-10H,1H3,(H,18,19)(H,24,25)(H2,21,22,23);;/q;+1;-1. The number of phosphoric ester groups is 1. The minimum absolute atomic E-state index is 0. The smallest absolute Gasteiger partial charge is 1.00 e. The van der Waals surface area contributed by atoms with E-state index < -0.39 is 27.6 Å². The Balaban J connectivity index is 0.00000450. The summed E-state index contributed by atoms with van der Waals surface area (Å²) in [5.74, 6) is -2.33. The van der Waals surface area contributed by atoms with Crippen molar-refractivity contribution in [3.05, 3.63) is 70.8 Å². The van der Waals surface area contributed by atoms with E-state index in [1.54, 1.807) is 25.1 Å². The molecule has 30 heavy (non-hydrogen) atoms. The average Bonchev–Trinajstić information content (AvgIpc) is 2.59. The summed E-state index contributed by atoms with van der Waals surface area (Å²) in [6, 6.07) is 11.8. The molecule has 0 aliphatic rings. The molecule has 156 valence electrons. The summed E-state index contributed by atoms with van der Waals surface area (Å²) in [6.07, 6.45) is 1.76. The van der Waals surface area contributed by atoms with Crippen LogP contribution in [0.1, 0.15) is 40.2 Å². The van der Waals surface area contributed by atoms with Gasteiger partial charge in [-0.05, 0) is 47.9 Å². The van der Waals surface area contributed by atoms with Crippen molar-refractivity contribution >= 4 is 39.2 Å². The predicted molar refractivity (Wildman–Crippen MR) is 103 cm³/mol. The Morgan fingerprint density at radius 1 is 0.900 bits per heavy atom. The fraction of sp³-hybridized carbons (Fsp3) is 0.0588. The van der Waals surface area contributed by atoms with E-state index in [4.69, 9.17) is 14.9 Å². The fourth-order valence-electron chi connectivity index (χ4n) is 2.23. The van der Waals surface area contributed by atoms with Crippen LogP contribution in [0.2, 0.25) is 0 Å². The summed E-state index contributed by atoms with van der Waals surface area (Å²) in [7, 11) is -10.6. The average molecular weight is 466 g/mol. The van der Waals surface area contributed by atoms with Crippen molar-refractivity contribution in [2.45, 2.75) is 6.92 Å². The van der Waals surface area contributed by atoms with Crippen LogP contribution in [0.25, 0.3) is 11.6 Å². The van der Waals surface area contributed by atoms with Crippen LogP contribution in [0.15, 0.2) is 48.5 Å². The minimum Gasteiger partial charge on any atom is -1.00 e. The molecule has 13 heteroatoms. The molecule has 0 heterocycles. The molecule has 0 amide bonds. The van der Waals surface area contributed by atoms with Gasteiger partial charge in [-0.2, -0.15) is 4.31 Å². The molecule has 0 aliphatic heterocycles. The van der Waals surface area contributed by atoms with Gasteiger partial charge in [0.05, 0.1) is 11.1 Å². The molecule has 2 aromatic rings. The molecule has 4 N–H and O–H groups in total. The molecular weight excluding hydrogens is 449 g/mol. The maximum atomic E-state index is 11.8. The van der Waals surface area contributed by atoms with Crippen LogP contribution in [0.4, 0.5) is 0 Å². The Morgan fingerprint density at radius 2 is 1.37 bits per heavy atom. The number of aromatic carboxylic acids is 1. The van der Waals surface area contributed by atoms with Gasteiger partial charge in [0, 0.05) is 0 Å². The zero-order valence-corrected chi connectivity index (χ0v) is 19.6. The van der Waals surface area contributed by atoms with Gasteiger partial charge >= 0.3 is 57.1 Å². The SMILES string of the molecule is CC(=Cc1ccc(C(=O)OP(=O)(O)OP(=O)(O)O)cc1)c1ccc(C(=O)O)cc1.[H-].[Na+]. The number of carboxylic acid groups (broad SMARTS) is 1. The molecule has 1 atom stereocenters. The molecule has 10 nitrogen and oxygen atoms in total. The van der Waals surface area contributed by atoms with E-state index in [-0.39, 0.29) is 42.1 Å². The van der Waals surface area contributed by atoms with Crippen molar-refractivity contribution in [2.75, 3.05) is 0 Å². The topological polar surface area (TPSA) is 168 Å². The molecule has 0 spiro atoms. The second-order valence-corrected chi connectivity index (χ2v) is 8.51. The van der Waals surface area contributed by atoms with Crippen molar-refractivity contribution in [3.63, 3.8) is 0 Å². The zero-order valence-electron chi connectivity index (χ0n) is 16.8. The molecule has 0 saturated heterocycles. The summed E-state index contributed by atoms with van der Waals surface area (Å²) in [6.45, 7) is 1.80. The van der Waals surface area contributed by atoms with E-state index in [0.29, 0.717) is 5.56 Å². The molecule has 0 radical (unpaired) electrons. The molecule has 0 aliphatic carbocycles. The van der Waals surface area contributed by atoms with Crippen LogP contribution in [0, 0.1) is 0 Å². The molecule has 2 aromatic carbocycles. The maximum absolute atomic E-state index is 11.8. The maximum Gasteiger partial charge on any atom is 1.00 e. The first kappa shape index (κ1) is 26.5. The van der Waals surface area contributed by atoms with E-state index in [1.165, 1.54) is 36.4 Å². The number of carbonyl (C=O) groups excluding carboxylic acids is 1. The van der Waals surface area contributed by atoms with Crippen molar-refractivity contribution in [1.82, 2.24) is 0 Å². The van der Waals surface area contributed by atoms with Crippen LogP contribution < -0.4 is 29.6 Å². The van der Waals surface area contributed by atoms with Crippen molar-refractivity contribution in [2.24, 2.45) is 0 Å². The van der Waals surface area contributed by atoms with E-state index in [1.807, 2.05) is 0 Å². The summed E-state index contributed by atoms with van der Waals surface area (Å²) in [5, 5.41) is 8.91. The van der Waals surface area contributed by atoms with Gasteiger partial charge < -0.3 is 20.8 Å². The van der Waals surface area contributed by atoms with Crippen LogP contribution in [0.3, 0.4) is 0 Å². The second kappa shape index (κ2) is 10.6. The molecule has 0 saturated carbocycles. The quantitative estimate of drug-likeness (QED) is 0.255. The van der Waals surface area contributed by atoms with Crippen LogP contribution in [-0.4, -0.2) is 31.7 Å². The number of rotatable bonds is 7. The van der Waals surface area contributed by atoms with Gasteiger partial charge in [0.1, 0.15) is 0 Å². The summed E-state index contributed by atoms with van der Waals surface area (Å²) in [5.41, 5.74) is 2.28. The minimum atomic E-state index is -5.33. The monoisotopic (exact) mass is 466 g/mol. The van der Waals surface area contributed by atoms with Crippen molar-refractivity contribution in [3.8, 4) is 0 Å². The van der Waals surface area contributed by atoms with Crippen molar-refractivity contribution < 1.29 is 78.3 Å². The first-order valence-electron chi connectivity index (χ1n) is 7.82. The number of carboxylic acids is 1. The first-order chi connectivity index (χ1) is 13.4. The van der Waals surface area contributed by atoms with Gasteiger partial charge in [-0.3, -0.25) is 4.89 Å². The molecule has 0 aromatic heterocycles. The number of phosphoric acid groups is 2.